The molecule has 0 saturated carbocycles. The number of hydrogen-bond acceptors (Lipinski definition) is 5. The molecule has 2 aromatic carbocycles. The second kappa shape index (κ2) is 7.13. The van der Waals surface area contributed by atoms with E-state index in [1.54, 1.807) is 24.1 Å². The fourth-order valence-electron chi connectivity index (χ4n) is 3.40. The Morgan fingerprint density at radius 1 is 1.10 bits per heavy atom. The van der Waals surface area contributed by atoms with E-state index in [1.807, 2.05) is 18.2 Å². The van der Waals surface area contributed by atoms with Gasteiger partial charge >= 0.3 is 0 Å². The predicted molar refractivity (Wildman–Crippen MR) is 111 cm³/mol. The van der Waals surface area contributed by atoms with Crippen molar-refractivity contribution in [1.82, 2.24) is 9.29 Å². The zero-order chi connectivity index (χ0) is 20.8. The third kappa shape index (κ3) is 3.34. The van der Waals surface area contributed by atoms with E-state index in [9.17, 15) is 13.2 Å². The molecule has 0 radical (unpaired) electrons. The van der Waals surface area contributed by atoms with Crippen LogP contribution in [0.5, 0.6) is 5.75 Å². The van der Waals surface area contributed by atoms with Crippen LogP contribution in [0, 0.1) is 0 Å². The second-order valence-electron chi connectivity index (χ2n) is 7.05. The van der Waals surface area contributed by atoms with Crippen LogP contribution in [0.2, 0.25) is 0 Å². The minimum absolute atomic E-state index is 0.150. The number of methoxy groups -OCH3 is 1. The molecule has 2 heterocycles. The van der Waals surface area contributed by atoms with Crippen LogP contribution in [0.3, 0.4) is 0 Å². The largest absolute Gasteiger partial charge is 0.497 e. The number of hydrogen-bond donors (Lipinski definition) is 0. The lowest BCUT2D eigenvalue weighted by Gasteiger charge is -2.17. The molecule has 3 aromatic rings. The molecule has 4 rings (SSSR count). The highest BCUT2D eigenvalue weighted by Gasteiger charge is 2.28. The second-order valence-corrected chi connectivity index (χ2v) is 9.20. The highest BCUT2D eigenvalue weighted by molar-refractivity contribution is 7.89. The minimum Gasteiger partial charge on any atom is -0.497 e. The van der Waals surface area contributed by atoms with Crippen LogP contribution < -0.4 is 9.64 Å². The first-order valence-corrected chi connectivity index (χ1v) is 10.6. The van der Waals surface area contributed by atoms with Crippen molar-refractivity contribution in [3.8, 4) is 5.75 Å². The van der Waals surface area contributed by atoms with Crippen LogP contribution in [-0.2, 0) is 16.4 Å². The molecule has 0 atom stereocenters. The number of pyridine rings is 1. The van der Waals surface area contributed by atoms with Gasteiger partial charge in [-0.3, -0.25) is 9.69 Å². The summed E-state index contributed by atoms with van der Waals surface area (Å²) in [5.41, 5.74) is 2.20. The summed E-state index contributed by atoms with van der Waals surface area (Å²) >= 11 is 0. The summed E-state index contributed by atoms with van der Waals surface area (Å²) in [7, 11) is 1.01. The topological polar surface area (TPSA) is 79.8 Å². The Morgan fingerprint density at radius 3 is 2.48 bits per heavy atom. The molecule has 1 aliphatic heterocycles. The summed E-state index contributed by atoms with van der Waals surface area (Å²) in [6.07, 6.45) is 0.725. The van der Waals surface area contributed by atoms with E-state index in [-0.39, 0.29) is 10.8 Å². The molecule has 0 unspecified atom stereocenters. The zero-order valence-electron chi connectivity index (χ0n) is 16.4. The maximum atomic E-state index is 13.1. The number of aromatic nitrogens is 1. The van der Waals surface area contributed by atoms with Crippen LogP contribution in [-0.4, -0.2) is 51.4 Å². The predicted octanol–water partition coefficient (Wildman–Crippen LogP) is 2.70. The van der Waals surface area contributed by atoms with Gasteiger partial charge in [0.15, 0.2) is 0 Å². The summed E-state index contributed by atoms with van der Waals surface area (Å²) in [6, 6.07) is 13.7. The number of fused-ring (bicyclic) bond motifs is 2. The molecule has 0 bridgehead atoms. The Kier molecular flexibility index (Phi) is 4.76. The first-order valence-electron chi connectivity index (χ1n) is 9.13. The summed E-state index contributed by atoms with van der Waals surface area (Å²) < 4.78 is 30.9. The van der Waals surface area contributed by atoms with E-state index in [1.165, 1.54) is 26.2 Å². The van der Waals surface area contributed by atoms with Crippen LogP contribution in [0.25, 0.3) is 10.9 Å². The Labute approximate surface area is 169 Å². The van der Waals surface area contributed by atoms with Gasteiger partial charge in [-0.05, 0) is 54.4 Å². The summed E-state index contributed by atoms with van der Waals surface area (Å²) in [6.45, 7) is 0.534. The van der Waals surface area contributed by atoms with Gasteiger partial charge in [0.25, 0.3) is 5.91 Å². The molecular weight excluding hydrogens is 390 g/mol. The van der Waals surface area contributed by atoms with Gasteiger partial charge in [-0.1, -0.05) is 0 Å². The fourth-order valence-corrected chi connectivity index (χ4v) is 4.30. The molecule has 7 nitrogen and oxygen atoms in total. The Bertz CT molecular complexity index is 1200. The summed E-state index contributed by atoms with van der Waals surface area (Å²) in [5.74, 6) is 1.14. The van der Waals surface area contributed by atoms with Crippen molar-refractivity contribution in [2.24, 2.45) is 0 Å². The number of amides is 1. The molecule has 150 valence electrons. The highest BCUT2D eigenvalue weighted by atomic mass is 32.2. The van der Waals surface area contributed by atoms with Crippen LogP contribution in [0.4, 0.5) is 5.82 Å². The third-order valence-corrected chi connectivity index (χ3v) is 6.90. The van der Waals surface area contributed by atoms with Crippen molar-refractivity contribution in [1.29, 1.82) is 0 Å². The molecular formula is C21H21N3O4S. The zero-order valence-corrected chi connectivity index (χ0v) is 17.2. The molecule has 0 saturated heterocycles. The van der Waals surface area contributed by atoms with Crippen molar-refractivity contribution in [2.75, 3.05) is 32.6 Å². The maximum Gasteiger partial charge on any atom is 0.259 e. The van der Waals surface area contributed by atoms with Gasteiger partial charge in [-0.2, -0.15) is 0 Å². The van der Waals surface area contributed by atoms with Gasteiger partial charge in [0.2, 0.25) is 10.0 Å². The Morgan fingerprint density at radius 2 is 1.83 bits per heavy atom. The molecule has 1 amide bonds. The average molecular weight is 411 g/mol. The molecule has 0 spiro atoms. The summed E-state index contributed by atoms with van der Waals surface area (Å²) in [5, 5.41) is 0.997. The number of nitrogens with zero attached hydrogens (tertiary/aromatic N) is 3. The number of rotatable bonds is 4. The molecule has 0 fully saturated rings. The lowest BCUT2D eigenvalue weighted by atomic mass is 10.1. The molecule has 0 N–H and O–H groups in total. The van der Waals surface area contributed by atoms with Crippen molar-refractivity contribution in [3.05, 3.63) is 59.7 Å². The quantitative estimate of drug-likeness (QED) is 0.660. The summed E-state index contributed by atoms with van der Waals surface area (Å²) in [4.78, 5) is 19.6. The van der Waals surface area contributed by atoms with Crippen molar-refractivity contribution < 1.29 is 17.9 Å². The normalized spacial score (nSPS) is 13.7. The number of sulfonamides is 1. The van der Waals surface area contributed by atoms with Gasteiger partial charge in [0, 0.05) is 37.7 Å². The molecule has 8 heteroatoms. The van der Waals surface area contributed by atoms with E-state index in [2.05, 4.69) is 6.07 Å². The van der Waals surface area contributed by atoms with Crippen LogP contribution >= 0.6 is 0 Å². The maximum absolute atomic E-state index is 13.1. The minimum atomic E-state index is -3.53. The SMILES string of the molecule is COc1ccc2cc3c(nc2c1)N(C(=O)c1ccc(S(=O)(=O)N(C)C)cc1)CC3. The van der Waals surface area contributed by atoms with E-state index in [0.717, 1.165) is 27.2 Å². The smallest absolute Gasteiger partial charge is 0.259 e. The lowest BCUT2D eigenvalue weighted by molar-refractivity contribution is 0.0988. The third-order valence-electron chi connectivity index (χ3n) is 5.07. The van der Waals surface area contributed by atoms with E-state index < -0.39 is 10.0 Å². The lowest BCUT2D eigenvalue weighted by Crippen LogP contribution is -2.29. The first-order chi connectivity index (χ1) is 13.8. The van der Waals surface area contributed by atoms with Gasteiger partial charge < -0.3 is 4.74 Å². The van der Waals surface area contributed by atoms with Gasteiger partial charge in [-0.25, -0.2) is 17.7 Å². The molecule has 1 aromatic heterocycles. The Balaban J connectivity index is 1.67. The van der Waals surface area contributed by atoms with Crippen LogP contribution in [0.1, 0.15) is 15.9 Å². The molecule has 0 aliphatic carbocycles. The van der Waals surface area contributed by atoms with E-state index in [4.69, 9.17) is 9.72 Å². The van der Waals surface area contributed by atoms with Crippen molar-refractivity contribution >= 4 is 32.7 Å². The standard InChI is InChI=1S/C21H21N3O4S/c1-23(2)29(26,27)18-8-5-14(6-9-18)21(25)24-11-10-16-12-15-4-7-17(28-3)13-19(15)22-20(16)24/h4-9,12-13H,10-11H2,1-3H3. The van der Waals surface area contributed by atoms with Gasteiger partial charge in [-0.15, -0.1) is 0 Å². The van der Waals surface area contributed by atoms with Crippen molar-refractivity contribution in [3.63, 3.8) is 0 Å². The molecule has 1 aliphatic rings. The number of carbonyl (C=O) groups is 1. The van der Waals surface area contributed by atoms with E-state index in [0.29, 0.717) is 23.7 Å². The van der Waals surface area contributed by atoms with Crippen molar-refractivity contribution in [2.45, 2.75) is 11.3 Å². The van der Waals surface area contributed by atoms with E-state index >= 15 is 0 Å². The average Bonchev–Trinajstić information content (AvgIpc) is 3.13. The fraction of sp³-hybridized carbons (Fsp3) is 0.238. The number of carbonyl (C=O) groups excluding carboxylic acids is 1. The van der Waals surface area contributed by atoms with Gasteiger partial charge in [0.1, 0.15) is 11.6 Å². The molecule has 29 heavy (non-hydrogen) atoms. The number of anilines is 1. The monoisotopic (exact) mass is 411 g/mol. The number of benzene rings is 2. The highest BCUT2D eigenvalue weighted by Crippen LogP contribution is 2.32. The van der Waals surface area contributed by atoms with Gasteiger partial charge in [0.05, 0.1) is 17.5 Å². The number of ether oxygens (including phenoxy) is 1. The van der Waals surface area contributed by atoms with Crippen LogP contribution in [0.15, 0.2) is 53.4 Å². The Hall–Kier alpha value is -2.97. The first kappa shape index (κ1) is 19.4.